The van der Waals surface area contributed by atoms with Crippen LogP contribution in [0.2, 0.25) is 0 Å². The molecule has 1 amide bonds. The van der Waals surface area contributed by atoms with E-state index < -0.39 is 0 Å². The van der Waals surface area contributed by atoms with Crippen LogP contribution in [-0.2, 0) is 0 Å². The van der Waals surface area contributed by atoms with Crippen molar-refractivity contribution < 1.29 is 4.79 Å². The number of rotatable bonds is 6. The molecule has 0 spiro atoms. The van der Waals surface area contributed by atoms with Crippen LogP contribution >= 0.6 is 0 Å². The Morgan fingerprint density at radius 2 is 1.94 bits per heavy atom. The van der Waals surface area contributed by atoms with Gasteiger partial charge in [-0.05, 0) is 54.2 Å². The maximum atomic E-state index is 13.1. The largest absolute Gasteiger partial charge is 0.372 e. The van der Waals surface area contributed by atoms with Gasteiger partial charge in [0.25, 0.3) is 5.91 Å². The molecule has 6 nitrogen and oxygen atoms in total. The molecule has 162 valence electrons. The second-order valence-corrected chi connectivity index (χ2v) is 8.46. The lowest BCUT2D eigenvalue weighted by Gasteiger charge is -2.21. The van der Waals surface area contributed by atoms with E-state index in [-0.39, 0.29) is 11.9 Å². The van der Waals surface area contributed by atoms with E-state index in [2.05, 4.69) is 20.6 Å². The van der Waals surface area contributed by atoms with Crippen molar-refractivity contribution in [2.45, 2.75) is 45.4 Å². The molecule has 31 heavy (non-hydrogen) atoms. The van der Waals surface area contributed by atoms with Gasteiger partial charge in [-0.15, -0.1) is 0 Å². The number of benzene rings is 2. The number of nitrogens with two attached hydrogens (primary N) is 1. The standard InChI is InChI=1S/C25H31N5O/c1-16-7-6-10-20(24(31)28-14-13-17-8-4-3-5-9-17)22(16)18-11-12-19-21(15-18)29-25(26)30-23(19)27-2/h6-7,10-12,15,17H,3-5,8-9,13-14H2,1-2H3,(H,28,31)(H3,26,27,29,30). The zero-order chi connectivity index (χ0) is 21.8. The SMILES string of the molecule is CNc1nc(N)nc2cc(-c3c(C)cccc3C(=O)NCCC3CCCCC3)ccc12. The van der Waals surface area contributed by atoms with Crippen molar-refractivity contribution in [3.8, 4) is 11.1 Å². The third-order valence-electron chi connectivity index (χ3n) is 6.32. The predicted molar refractivity (Wildman–Crippen MR) is 127 cm³/mol. The van der Waals surface area contributed by atoms with Crippen LogP contribution in [-0.4, -0.2) is 29.5 Å². The molecule has 1 fully saturated rings. The summed E-state index contributed by atoms with van der Waals surface area (Å²) in [6, 6.07) is 11.9. The summed E-state index contributed by atoms with van der Waals surface area (Å²) in [6.45, 7) is 2.76. The monoisotopic (exact) mass is 417 g/mol. The first kappa shape index (κ1) is 21.1. The average Bonchev–Trinajstić information content (AvgIpc) is 2.78. The van der Waals surface area contributed by atoms with Gasteiger partial charge >= 0.3 is 0 Å². The Bertz CT molecular complexity index is 1090. The lowest BCUT2D eigenvalue weighted by atomic mass is 9.87. The normalized spacial score (nSPS) is 14.5. The fourth-order valence-electron chi connectivity index (χ4n) is 4.69. The van der Waals surface area contributed by atoms with Gasteiger partial charge in [-0.3, -0.25) is 4.79 Å². The van der Waals surface area contributed by atoms with E-state index in [1.807, 2.05) is 50.4 Å². The highest BCUT2D eigenvalue weighted by molar-refractivity contribution is 6.03. The molecule has 1 aromatic heterocycles. The Morgan fingerprint density at radius 3 is 2.71 bits per heavy atom. The molecule has 0 atom stereocenters. The second kappa shape index (κ2) is 9.33. The van der Waals surface area contributed by atoms with Crippen LogP contribution in [0.3, 0.4) is 0 Å². The van der Waals surface area contributed by atoms with Gasteiger partial charge in [0.2, 0.25) is 5.95 Å². The average molecular weight is 418 g/mol. The maximum absolute atomic E-state index is 13.1. The van der Waals surface area contributed by atoms with Crippen molar-refractivity contribution in [3.05, 3.63) is 47.5 Å². The van der Waals surface area contributed by atoms with Gasteiger partial charge in [0, 0.05) is 24.5 Å². The first-order valence-corrected chi connectivity index (χ1v) is 11.2. The molecule has 3 aromatic rings. The summed E-state index contributed by atoms with van der Waals surface area (Å²) in [4.78, 5) is 21.7. The zero-order valence-electron chi connectivity index (χ0n) is 18.4. The number of aryl methyl sites for hydroxylation is 1. The molecule has 0 bridgehead atoms. The van der Waals surface area contributed by atoms with E-state index in [0.29, 0.717) is 11.4 Å². The summed E-state index contributed by atoms with van der Waals surface area (Å²) in [5.41, 5.74) is 10.3. The number of nitrogen functional groups attached to an aromatic ring is 1. The Hall–Kier alpha value is -3.15. The van der Waals surface area contributed by atoms with E-state index in [1.165, 1.54) is 32.1 Å². The van der Waals surface area contributed by atoms with Crippen molar-refractivity contribution in [3.63, 3.8) is 0 Å². The van der Waals surface area contributed by atoms with E-state index in [1.54, 1.807) is 0 Å². The highest BCUT2D eigenvalue weighted by atomic mass is 16.1. The highest BCUT2D eigenvalue weighted by Crippen LogP contribution is 2.32. The summed E-state index contributed by atoms with van der Waals surface area (Å²) in [5.74, 6) is 1.64. The summed E-state index contributed by atoms with van der Waals surface area (Å²) < 4.78 is 0. The lowest BCUT2D eigenvalue weighted by molar-refractivity contribution is 0.0951. The Labute approximate surface area is 183 Å². The number of hydrogen-bond acceptors (Lipinski definition) is 5. The third kappa shape index (κ3) is 4.63. The van der Waals surface area contributed by atoms with Gasteiger partial charge < -0.3 is 16.4 Å². The molecule has 0 radical (unpaired) electrons. The topological polar surface area (TPSA) is 92.9 Å². The molecule has 4 rings (SSSR count). The number of amides is 1. The van der Waals surface area contributed by atoms with Crippen molar-refractivity contribution >= 4 is 28.6 Å². The van der Waals surface area contributed by atoms with E-state index >= 15 is 0 Å². The molecular weight excluding hydrogens is 386 g/mol. The van der Waals surface area contributed by atoms with Gasteiger partial charge in [-0.25, -0.2) is 4.98 Å². The number of aromatic nitrogens is 2. The molecule has 0 aliphatic heterocycles. The van der Waals surface area contributed by atoms with Crippen LogP contribution in [0.5, 0.6) is 0 Å². The van der Waals surface area contributed by atoms with Crippen LogP contribution in [0.15, 0.2) is 36.4 Å². The van der Waals surface area contributed by atoms with Crippen molar-refractivity contribution in [2.75, 3.05) is 24.6 Å². The molecular formula is C25H31N5O. The minimum Gasteiger partial charge on any atom is -0.372 e. The number of nitrogens with zero attached hydrogens (tertiary/aromatic N) is 2. The molecule has 1 saturated carbocycles. The van der Waals surface area contributed by atoms with Crippen LogP contribution in [0.1, 0.15) is 54.4 Å². The summed E-state index contributed by atoms with van der Waals surface area (Å²) >= 11 is 0. The number of anilines is 2. The van der Waals surface area contributed by atoms with E-state index in [4.69, 9.17) is 5.73 Å². The molecule has 6 heteroatoms. The number of hydrogen-bond donors (Lipinski definition) is 3. The molecule has 2 aromatic carbocycles. The van der Waals surface area contributed by atoms with Crippen LogP contribution in [0.4, 0.5) is 11.8 Å². The van der Waals surface area contributed by atoms with Crippen LogP contribution in [0.25, 0.3) is 22.0 Å². The number of carbonyl (C=O) groups is 1. The lowest BCUT2D eigenvalue weighted by Crippen LogP contribution is -2.27. The van der Waals surface area contributed by atoms with Gasteiger partial charge in [0.05, 0.1) is 5.52 Å². The smallest absolute Gasteiger partial charge is 0.251 e. The number of carbonyl (C=O) groups excluding carboxylic acids is 1. The van der Waals surface area contributed by atoms with Crippen molar-refractivity contribution in [1.29, 1.82) is 0 Å². The fraction of sp³-hybridized carbons (Fsp3) is 0.400. The minimum absolute atomic E-state index is 0.0206. The summed E-state index contributed by atoms with van der Waals surface area (Å²) in [7, 11) is 1.81. The maximum Gasteiger partial charge on any atom is 0.251 e. The van der Waals surface area contributed by atoms with Crippen LogP contribution < -0.4 is 16.4 Å². The minimum atomic E-state index is -0.0206. The summed E-state index contributed by atoms with van der Waals surface area (Å²) in [5, 5.41) is 7.12. The Kier molecular flexibility index (Phi) is 6.35. The molecule has 1 aliphatic rings. The van der Waals surface area contributed by atoms with Crippen molar-refractivity contribution in [2.24, 2.45) is 5.92 Å². The number of fused-ring (bicyclic) bond motifs is 1. The first-order valence-electron chi connectivity index (χ1n) is 11.2. The second-order valence-electron chi connectivity index (χ2n) is 8.46. The van der Waals surface area contributed by atoms with E-state index in [0.717, 1.165) is 46.5 Å². The van der Waals surface area contributed by atoms with Gasteiger partial charge in [0.1, 0.15) is 5.82 Å². The van der Waals surface area contributed by atoms with Gasteiger partial charge in [-0.2, -0.15) is 4.98 Å². The molecule has 0 unspecified atom stereocenters. The Balaban J connectivity index is 1.61. The van der Waals surface area contributed by atoms with Gasteiger partial charge in [0.15, 0.2) is 0 Å². The fourth-order valence-corrected chi connectivity index (χ4v) is 4.69. The molecule has 0 saturated heterocycles. The first-order chi connectivity index (χ1) is 15.1. The van der Waals surface area contributed by atoms with Crippen molar-refractivity contribution in [1.82, 2.24) is 15.3 Å². The van der Waals surface area contributed by atoms with Crippen LogP contribution in [0, 0.1) is 12.8 Å². The molecule has 1 heterocycles. The summed E-state index contributed by atoms with van der Waals surface area (Å²) in [6.07, 6.45) is 7.65. The van der Waals surface area contributed by atoms with Gasteiger partial charge in [-0.1, -0.05) is 50.3 Å². The van der Waals surface area contributed by atoms with E-state index in [9.17, 15) is 4.79 Å². The third-order valence-corrected chi connectivity index (χ3v) is 6.32. The molecule has 4 N–H and O–H groups in total. The quantitative estimate of drug-likeness (QED) is 0.529. The highest BCUT2D eigenvalue weighted by Gasteiger charge is 2.18. The number of nitrogens with one attached hydrogen (secondary N) is 2. The Morgan fingerprint density at radius 1 is 1.13 bits per heavy atom. The molecule has 1 aliphatic carbocycles. The predicted octanol–water partition coefficient (Wildman–Crippen LogP) is 4.93. The zero-order valence-corrected chi connectivity index (χ0v) is 18.4.